The maximum absolute atomic E-state index is 12.9. The first-order chi connectivity index (χ1) is 6.07. The second kappa shape index (κ2) is 3.99. The van der Waals surface area contributed by atoms with E-state index < -0.39 is 16.6 Å². The molecule has 0 N–H and O–H groups in total. The van der Waals surface area contributed by atoms with E-state index in [1.165, 1.54) is 18.4 Å². The summed E-state index contributed by atoms with van der Waals surface area (Å²) in [4.78, 5) is 0.343. The molecular formula is C8H5BrFNOS. The van der Waals surface area contributed by atoms with Crippen molar-refractivity contribution in [2.45, 2.75) is 4.90 Å². The zero-order valence-electron chi connectivity index (χ0n) is 6.67. The van der Waals surface area contributed by atoms with Crippen LogP contribution in [0.15, 0.2) is 21.5 Å². The maximum Gasteiger partial charge on any atom is 0.138 e. The largest absolute Gasteiger partial charge is 0.255 e. The van der Waals surface area contributed by atoms with Crippen molar-refractivity contribution >= 4 is 26.7 Å². The number of rotatable bonds is 1. The summed E-state index contributed by atoms with van der Waals surface area (Å²) >= 11 is 2.93. The molecule has 1 aromatic carbocycles. The van der Waals surface area contributed by atoms with Gasteiger partial charge in [-0.15, -0.1) is 0 Å². The highest BCUT2D eigenvalue weighted by Crippen LogP contribution is 2.25. The summed E-state index contributed by atoms with van der Waals surface area (Å²) in [5.41, 5.74) is 0.0980. The molecule has 1 aromatic rings. The smallest absolute Gasteiger partial charge is 0.138 e. The van der Waals surface area contributed by atoms with Gasteiger partial charge in [-0.25, -0.2) is 4.39 Å². The Balaban J connectivity index is 3.50. The van der Waals surface area contributed by atoms with E-state index >= 15 is 0 Å². The van der Waals surface area contributed by atoms with E-state index in [2.05, 4.69) is 15.9 Å². The first kappa shape index (κ1) is 10.4. The van der Waals surface area contributed by atoms with Gasteiger partial charge in [-0.2, -0.15) is 5.26 Å². The molecule has 0 fully saturated rings. The molecule has 0 aliphatic rings. The number of nitrogens with zero attached hydrogens (tertiary/aromatic N) is 1. The fourth-order valence-electron chi connectivity index (χ4n) is 0.877. The third kappa shape index (κ3) is 1.95. The normalized spacial score (nSPS) is 12.2. The minimum Gasteiger partial charge on any atom is -0.255 e. The van der Waals surface area contributed by atoms with E-state index in [1.807, 2.05) is 0 Å². The number of hydrogen-bond acceptors (Lipinski definition) is 2. The van der Waals surface area contributed by atoms with E-state index in [1.54, 1.807) is 6.07 Å². The standard InChI is InChI=1S/C8H5BrFNOS/c1-13(12)7-3-2-6(10)8(9)5(7)4-11/h2-3H,1H3. The van der Waals surface area contributed by atoms with Crippen LogP contribution in [0, 0.1) is 17.1 Å². The molecule has 0 saturated carbocycles. The number of nitriles is 1. The molecule has 0 aromatic heterocycles. The van der Waals surface area contributed by atoms with Gasteiger partial charge in [-0.1, -0.05) is 0 Å². The topological polar surface area (TPSA) is 40.9 Å². The lowest BCUT2D eigenvalue weighted by atomic mass is 10.2. The summed E-state index contributed by atoms with van der Waals surface area (Å²) in [5, 5.41) is 8.69. The molecule has 1 atom stereocenters. The Hall–Kier alpha value is -0.730. The quantitative estimate of drug-likeness (QED) is 0.778. The van der Waals surface area contributed by atoms with E-state index in [0.717, 1.165) is 0 Å². The van der Waals surface area contributed by atoms with Crippen molar-refractivity contribution in [2.24, 2.45) is 0 Å². The molecule has 1 rings (SSSR count). The van der Waals surface area contributed by atoms with Crippen LogP contribution in [0.2, 0.25) is 0 Å². The molecule has 0 aliphatic heterocycles. The fraction of sp³-hybridized carbons (Fsp3) is 0.125. The molecule has 0 heterocycles. The van der Waals surface area contributed by atoms with Gasteiger partial charge in [-0.3, -0.25) is 4.21 Å². The Morgan fingerprint density at radius 3 is 2.69 bits per heavy atom. The number of benzene rings is 1. The summed E-state index contributed by atoms with van der Waals surface area (Å²) < 4.78 is 24.1. The fourth-order valence-corrected chi connectivity index (χ4v) is 2.14. The summed E-state index contributed by atoms with van der Waals surface area (Å²) in [6, 6.07) is 4.34. The Kier molecular flexibility index (Phi) is 3.17. The monoisotopic (exact) mass is 261 g/mol. The molecule has 0 amide bonds. The Morgan fingerprint density at radius 1 is 1.62 bits per heavy atom. The second-order valence-corrected chi connectivity index (χ2v) is 4.44. The summed E-state index contributed by atoms with van der Waals surface area (Å²) in [7, 11) is -1.28. The lowest BCUT2D eigenvalue weighted by Gasteiger charge is -2.02. The van der Waals surface area contributed by atoms with Crippen molar-refractivity contribution in [3.05, 3.63) is 28.0 Å². The van der Waals surface area contributed by atoms with Gasteiger partial charge < -0.3 is 0 Å². The van der Waals surface area contributed by atoms with Crippen LogP contribution in [0.3, 0.4) is 0 Å². The third-order valence-corrected chi connectivity index (χ3v) is 3.21. The van der Waals surface area contributed by atoms with E-state index in [0.29, 0.717) is 4.90 Å². The first-order valence-corrected chi connectivity index (χ1v) is 5.64. The number of hydrogen-bond donors (Lipinski definition) is 0. The van der Waals surface area contributed by atoms with Crippen LogP contribution in [0.1, 0.15) is 5.56 Å². The average molecular weight is 262 g/mol. The van der Waals surface area contributed by atoms with Crippen molar-refractivity contribution in [1.82, 2.24) is 0 Å². The SMILES string of the molecule is CS(=O)c1ccc(F)c(Br)c1C#N. The minimum atomic E-state index is -1.28. The molecule has 0 spiro atoms. The molecule has 0 aliphatic carbocycles. The van der Waals surface area contributed by atoms with Gasteiger partial charge in [0.25, 0.3) is 0 Å². The predicted molar refractivity (Wildman–Crippen MR) is 51.1 cm³/mol. The highest BCUT2D eigenvalue weighted by molar-refractivity contribution is 9.10. The van der Waals surface area contributed by atoms with Crippen LogP contribution in [0.25, 0.3) is 0 Å². The van der Waals surface area contributed by atoms with Crippen molar-refractivity contribution in [2.75, 3.05) is 6.26 Å². The van der Waals surface area contributed by atoms with Gasteiger partial charge in [0.2, 0.25) is 0 Å². The highest BCUT2D eigenvalue weighted by atomic mass is 79.9. The first-order valence-electron chi connectivity index (χ1n) is 3.29. The lowest BCUT2D eigenvalue weighted by Crippen LogP contribution is -1.95. The van der Waals surface area contributed by atoms with E-state index in [-0.39, 0.29) is 10.0 Å². The molecule has 1 unspecified atom stereocenters. The van der Waals surface area contributed by atoms with Gasteiger partial charge in [-0.05, 0) is 28.1 Å². The molecule has 2 nitrogen and oxygen atoms in total. The van der Waals surface area contributed by atoms with Crippen LogP contribution < -0.4 is 0 Å². The predicted octanol–water partition coefficient (Wildman–Crippen LogP) is 2.20. The van der Waals surface area contributed by atoms with Crippen LogP contribution in [0.4, 0.5) is 4.39 Å². The molecule has 0 radical (unpaired) electrons. The molecule has 0 bridgehead atoms. The van der Waals surface area contributed by atoms with Gasteiger partial charge in [0.15, 0.2) is 0 Å². The van der Waals surface area contributed by atoms with Crippen molar-refractivity contribution in [3.63, 3.8) is 0 Å². The van der Waals surface area contributed by atoms with Crippen molar-refractivity contribution in [3.8, 4) is 6.07 Å². The van der Waals surface area contributed by atoms with E-state index in [9.17, 15) is 8.60 Å². The molecule has 13 heavy (non-hydrogen) atoms. The van der Waals surface area contributed by atoms with Crippen molar-refractivity contribution in [1.29, 1.82) is 5.26 Å². The van der Waals surface area contributed by atoms with Crippen LogP contribution in [-0.4, -0.2) is 10.5 Å². The van der Waals surface area contributed by atoms with Gasteiger partial charge in [0.05, 0.1) is 25.7 Å². The molecule has 0 saturated heterocycles. The number of halogens is 2. The summed E-state index contributed by atoms with van der Waals surface area (Å²) in [5.74, 6) is -0.522. The van der Waals surface area contributed by atoms with Gasteiger partial charge >= 0.3 is 0 Å². The summed E-state index contributed by atoms with van der Waals surface area (Å²) in [6.45, 7) is 0. The average Bonchev–Trinajstić information content (AvgIpc) is 2.09. The van der Waals surface area contributed by atoms with Crippen molar-refractivity contribution < 1.29 is 8.60 Å². The molecular weight excluding hydrogens is 257 g/mol. The maximum atomic E-state index is 12.9. The van der Waals surface area contributed by atoms with Crippen LogP contribution >= 0.6 is 15.9 Å². The summed E-state index contributed by atoms with van der Waals surface area (Å²) in [6.07, 6.45) is 1.44. The Labute approximate surface area is 86.0 Å². The van der Waals surface area contributed by atoms with Crippen LogP contribution in [0.5, 0.6) is 0 Å². The van der Waals surface area contributed by atoms with Gasteiger partial charge in [0.1, 0.15) is 11.9 Å². The van der Waals surface area contributed by atoms with E-state index in [4.69, 9.17) is 5.26 Å². The highest BCUT2D eigenvalue weighted by Gasteiger charge is 2.12. The molecule has 68 valence electrons. The zero-order valence-corrected chi connectivity index (χ0v) is 9.08. The van der Waals surface area contributed by atoms with Gasteiger partial charge in [0, 0.05) is 6.26 Å². The second-order valence-electron chi connectivity index (χ2n) is 2.30. The van der Waals surface area contributed by atoms with Crippen LogP contribution in [-0.2, 0) is 10.8 Å². The third-order valence-electron chi connectivity index (χ3n) is 1.48. The Morgan fingerprint density at radius 2 is 2.23 bits per heavy atom. The Bertz CT molecular complexity index is 413. The lowest BCUT2D eigenvalue weighted by molar-refractivity contribution is 0.618. The zero-order chi connectivity index (χ0) is 10.0. The molecule has 5 heteroatoms. The minimum absolute atomic E-state index is 0.0719.